The van der Waals surface area contributed by atoms with Crippen molar-refractivity contribution in [2.75, 3.05) is 24.4 Å². The monoisotopic (exact) mass is 1010 g/mol. The van der Waals surface area contributed by atoms with Gasteiger partial charge in [0.05, 0.1) is 51.6 Å². The minimum Gasteiger partial charge on any atom is -0.494 e. The number of unbranched alkanes of at least 4 members (excludes halogenated alkanes) is 1. The van der Waals surface area contributed by atoms with E-state index < -0.39 is 69.3 Å². The fourth-order valence-electron chi connectivity index (χ4n) is 9.57. The Hall–Kier alpha value is -6.70. The summed E-state index contributed by atoms with van der Waals surface area (Å²) >= 11 is 1.59. The molecule has 1 aliphatic heterocycles. The maximum Gasteiger partial charge on any atom is 0.301 e. The first-order valence-electron chi connectivity index (χ1n) is 23.6. The Kier molecular flexibility index (Phi) is 14.5. The topological polar surface area (TPSA) is 189 Å². The van der Waals surface area contributed by atoms with E-state index in [1.165, 1.54) is 6.20 Å². The predicted octanol–water partition coefficient (Wildman–Crippen LogP) is 10.4. The molecule has 1 saturated carbocycles. The number of fused-ring (bicyclic) bond motifs is 1. The standard InChI is InChI=1S/C52H52F3N7O7S2/c1-29-23-45(69-60-29)40(48(63)38-8-6-9-39(38)52(65)59-30(2)32-10-12-34(13-11-32)50-31(3)58-28-70-50)7-4-5-22-68-37-16-14-33(15-17-37)35-24-41-42(26-57-51(41)56-25-35)49(64)46-43(54)18-19-44(47(46)55)61-71(66,67)62-21-20-36(53)27-62/h10-19,23-26,28,30,36,38-40,61H,4-9,20-22,27H2,1-3H3,(H,56,57)(H,59,65)/t30-,36+,38?,39+,40-/m0/s1. The van der Waals surface area contributed by atoms with Crippen LogP contribution in [0.3, 0.4) is 0 Å². The lowest BCUT2D eigenvalue weighted by Gasteiger charge is -2.24. The van der Waals surface area contributed by atoms with Crippen molar-refractivity contribution in [3.8, 4) is 27.3 Å². The number of thiazole rings is 1. The average Bonchev–Trinajstić information content (AvgIpc) is 4.23. The Labute approximate surface area is 412 Å². The molecule has 14 nitrogen and oxygen atoms in total. The molecule has 0 radical (unpaired) electrons. The molecule has 1 aliphatic carbocycles. The second kappa shape index (κ2) is 20.9. The zero-order chi connectivity index (χ0) is 50.0. The van der Waals surface area contributed by atoms with Crippen LogP contribution in [0.5, 0.6) is 5.75 Å². The summed E-state index contributed by atoms with van der Waals surface area (Å²) in [7, 11) is -4.38. The maximum atomic E-state index is 15.8. The van der Waals surface area contributed by atoms with Gasteiger partial charge in [0, 0.05) is 59.9 Å². The van der Waals surface area contributed by atoms with Crippen LogP contribution in [0.15, 0.2) is 95.2 Å². The van der Waals surface area contributed by atoms with E-state index in [2.05, 4.69) is 25.4 Å². The van der Waals surface area contributed by atoms with Crippen LogP contribution in [0.25, 0.3) is 32.6 Å². The van der Waals surface area contributed by atoms with Crippen LogP contribution in [0.1, 0.15) is 102 Å². The second-order valence-corrected chi connectivity index (χ2v) is 20.8. The number of benzene rings is 3. The molecule has 4 aromatic heterocycles. The molecule has 1 unspecified atom stereocenters. The zero-order valence-corrected chi connectivity index (χ0v) is 40.8. The Bertz CT molecular complexity index is 3200. The molecule has 3 N–H and O–H groups in total. The Morgan fingerprint density at radius 1 is 0.944 bits per heavy atom. The number of aromatic amines is 1. The van der Waals surface area contributed by atoms with Gasteiger partial charge >= 0.3 is 10.2 Å². The maximum absolute atomic E-state index is 15.8. The molecule has 1 saturated heterocycles. The van der Waals surface area contributed by atoms with Crippen LogP contribution in [-0.4, -0.2) is 76.2 Å². The van der Waals surface area contributed by atoms with E-state index in [0.29, 0.717) is 67.0 Å². The summed E-state index contributed by atoms with van der Waals surface area (Å²) < 4.78 is 84.9. The molecular weight excluding hydrogens is 956 g/mol. The van der Waals surface area contributed by atoms with E-state index in [1.807, 2.05) is 67.4 Å². The summed E-state index contributed by atoms with van der Waals surface area (Å²) in [5.74, 6) is -4.15. The van der Waals surface area contributed by atoms with Gasteiger partial charge in [0.2, 0.25) is 11.7 Å². The number of amides is 1. The third-order valence-corrected chi connectivity index (χ3v) is 15.9. The van der Waals surface area contributed by atoms with Gasteiger partial charge in [-0.1, -0.05) is 48.0 Å². The average molecular weight is 1010 g/mol. The second-order valence-electron chi connectivity index (χ2n) is 18.2. The summed E-state index contributed by atoms with van der Waals surface area (Å²) in [4.78, 5) is 54.6. The third kappa shape index (κ3) is 10.7. The number of rotatable bonds is 19. The molecule has 19 heteroatoms. The molecule has 5 atom stereocenters. The fourth-order valence-corrected chi connectivity index (χ4v) is 11.6. The minimum absolute atomic E-state index is 0.0105. The third-order valence-electron chi connectivity index (χ3n) is 13.4. The van der Waals surface area contributed by atoms with Crippen LogP contribution in [0.2, 0.25) is 0 Å². The van der Waals surface area contributed by atoms with Crippen molar-refractivity contribution in [3.05, 3.63) is 136 Å². The molecule has 1 amide bonds. The van der Waals surface area contributed by atoms with Crippen LogP contribution >= 0.6 is 11.3 Å². The van der Waals surface area contributed by atoms with Gasteiger partial charge in [-0.15, -0.1) is 11.3 Å². The SMILES string of the molecule is Cc1cc([C@H](CCCCOc2ccc(-c3cnc4[nH]cc(C(=O)c5c(F)ccc(NS(=O)(=O)N6CC[C@@H](F)C6)c5F)c4c3)cc2)C(=O)C2CCC[C@H]2C(=O)N[C@@H](C)c2ccc(-c3scnc3C)cc2)on1. The molecule has 2 aliphatic rings. The largest absolute Gasteiger partial charge is 0.494 e. The Morgan fingerprint density at radius 3 is 2.41 bits per heavy atom. The van der Waals surface area contributed by atoms with Crippen molar-refractivity contribution in [1.29, 1.82) is 0 Å². The van der Waals surface area contributed by atoms with Crippen molar-refractivity contribution < 1.29 is 45.2 Å². The lowest BCUT2D eigenvalue weighted by Crippen LogP contribution is -2.38. The number of ketones is 2. The summed E-state index contributed by atoms with van der Waals surface area (Å²) in [6, 6.07) is 20.2. The number of carbonyl (C=O) groups excluding carboxylic acids is 3. The number of nitrogens with zero attached hydrogens (tertiary/aromatic N) is 4. The van der Waals surface area contributed by atoms with E-state index in [-0.39, 0.29) is 47.3 Å². The van der Waals surface area contributed by atoms with E-state index in [0.717, 1.165) is 44.6 Å². The van der Waals surface area contributed by atoms with Gasteiger partial charge in [0.25, 0.3) is 0 Å². The van der Waals surface area contributed by atoms with Crippen LogP contribution in [0, 0.1) is 37.3 Å². The first-order chi connectivity index (χ1) is 34.1. The van der Waals surface area contributed by atoms with Gasteiger partial charge in [-0.05, 0) is 106 Å². The Balaban J connectivity index is 0.802. The molecule has 370 valence electrons. The molecule has 5 heterocycles. The van der Waals surface area contributed by atoms with Gasteiger partial charge in [-0.2, -0.15) is 12.7 Å². The van der Waals surface area contributed by atoms with E-state index in [4.69, 9.17) is 9.26 Å². The number of ether oxygens (including phenoxy) is 1. The number of aromatic nitrogens is 4. The summed E-state index contributed by atoms with van der Waals surface area (Å²) in [5, 5.41) is 7.53. The van der Waals surface area contributed by atoms with Crippen molar-refractivity contribution in [1.82, 2.24) is 29.7 Å². The minimum atomic E-state index is -4.38. The van der Waals surface area contributed by atoms with E-state index in [1.54, 1.807) is 41.8 Å². The normalized spacial score (nSPS) is 18.1. The number of H-pyrrole nitrogens is 1. The number of aryl methyl sites for hydroxylation is 2. The summed E-state index contributed by atoms with van der Waals surface area (Å²) in [6.07, 6.45) is 5.28. The van der Waals surface area contributed by atoms with Crippen molar-refractivity contribution >= 4 is 55.7 Å². The number of anilines is 1. The molecule has 7 aromatic rings. The van der Waals surface area contributed by atoms with Gasteiger partial charge in [-0.25, -0.2) is 23.1 Å². The number of hydrogen-bond acceptors (Lipinski definition) is 11. The Morgan fingerprint density at radius 2 is 1.70 bits per heavy atom. The molecule has 9 rings (SSSR count). The number of pyridine rings is 1. The van der Waals surface area contributed by atoms with E-state index >= 15 is 8.78 Å². The first-order valence-corrected chi connectivity index (χ1v) is 25.9. The quantitative estimate of drug-likeness (QED) is 0.0519. The smallest absolute Gasteiger partial charge is 0.301 e. The lowest BCUT2D eigenvalue weighted by molar-refractivity contribution is -0.134. The lowest BCUT2D eigenvalue weighted by atomic mass is 9.81. The molecule has 3 aromatic carbocycles. The molecule has 0 spiro atoms. The van der Waals surface area contributed by atoms with Gasteiger partial charge in [0.1, 0.15) is 34.9 Å². The molecule has 0 bridgehead atoms. The van der Waals surface area contributed by atoms with Crippen molar-refractivity contribution in [2.45, 2.75) is 83.8 Å². The molecule has 2 fully saturated rings. The van der Waals surface area contributed by atoms with Crippen LogP contribution in [-0.2, 0) is 19.8 Å². The zero-order valence-electron chi connectivity index (χ0n) is 39.2. The van der Waals surface area contributed by atoms with Crippen molar-refractivity contribution in [3.63, 3.8) is 0 Å². The molecule has 71 heavy (non-hydrogen) atoms. The first kappa shape index (κ1) is 49.3. The van der Waals surface area contributed by atoms with E-state index in [9.17, 15) is 27.2 Å². The number of Topliss-reactive ketones (excluding diaryl/α,β-unsaturated/α-hetero) is 1. The number of carbonyl (C=O) groups is 3. The van der Waals surface area contributed by atoms with Gasteiger partial charge < -0.3 is 19.6 Å². The highest BCUT2D eigenvalue weighted by Crippen LogP contribution is 2.39. The van der Waals surface area contributed by atoms with Crippen LogP contribution < -0.4 is 14.8 Å². The highest BCUT2D eigenvalue weighted by Gasteiger charge is 2.42. The highest BCUT2D eigenvalue weighted by molar-refractivity contribution is 7.90. The van der Waals surface area contributed by atoms with Gasteiger partial charge in [0.15, 0.2) is 5.82 Å². The highest BCUT2D eigenvalue weighted by atomic mass is 32.2. The van der Waals surface area contributed by atoms with Crippen LogP contribution in [0.4, 0.5) is 18.9 Å². The number of halogens is 3. The summed E-state index contributed by atoms with van der Waals surface area (Å²) in [5.41, 5.74) is 5.42. The predicted molar refractivity (Wildman–Crippen MR) is 263 cm³/mol. The fraction of sp³-hybridized carbons (Fsp3) is 0.346. The molecular formula is C52H52F3N7O7S2. The number of hydrogen-bond donors (Lipinski definition) is 3. The van der Waals surface area contributed by atoms with Crippen molar-refractivity contribution in [2.24, 2.45) is 11.8 Å². The number of alkyl halides is 1. The number of nitrogens with one attached hydrogen (secondary N) is 3. The summed E-state index contributed by atoms with van der Waals surface area (Å²) in [6.45, 7) is 5.60. The van der Waals surface area contributed by atoms with Gasteiger partial charge in [-0.3, -0.25) is 19.1 Å².